The van der Waals surface area contributed by atoms with E-state index in [4.69, 9.17) is 0 Å². The van der Waals surface area contributed by atoms with Crippen molar-refractivity contribution >= 4 is 11.9 Å². The summed E-state index contributed by atoms with van der Waals surface area (Å²) < 4.78 is 13.1. The van der Waals surface area contributed by atoms with Gasteiger partial charge in [-0.15, -0.1) is 0 Å². The maximum atomic E-state index is 13.1. The molecule has 0 aromatic heterocycles. The van der Waals surface area contributed by atoms with E-state index in [2.05, 4.69) is 27.9 Å². The van der Waals surface area contributed by atoms with Crippen LogP contribution in [0.1, 0.15) is 44.6 Å². The quantitative estimate of drug-likeness (QED) is 0.378. The van der Waals surface area contributed by atoms with Crippen LogP contribution in [-0.2, 0) is 11.2 Å². The topological polar surface area (TPSA) is 65.5 Å². The average molecular weight is 362 g/mol. The smallest absolute Gasteiger partial charge is 0.224 e. The van der Waals surface area contributed by atoms with E-state index in [1.165, 1.54) is 44.2 Å². The first-order chi connectivity index (χ1) is 12.6. The summed E-state index contributed by atoms with van der Waals surface area (Å²) in [5, 5.41) is 9.49. The zero-order chi connectivity index (χ0) is 18.8. The van der Waals surface area contributed by atoms with Crippen LogP contribution < -0.4 is 16.0 Å². The molecule has 1 saturated carbocycles. The summed E-state index contributed by atoms with van der Waals surface area (Å²) in [4.78, 5) is 16.2. The number of benzene rings is 1. The minimum absolute atomic E-state index is 0.115. The van der Waals surface area contributed by atoms with Gasteiger partial charge in [-0.05, 0) is 42.4 Å². The number of amides is 1. The molecular formula is C20H31FN4O. The van der Waals surface area contributed by atoms with Crippen molar-refractivity contribution in [2.24, 2.45) is 10.4 Å². The molecule has 3 N–H and O–H groups in total. The van der Waals surface area contributed by atoms with Gasteiger partial charge in [0.25, 0.3) is 0 Å². The van der Waals surface area contributed by atoms with Crippen LogP contribution in [0, 0.1) is 11.2 Å². The molecule has 1 amide bonds. The number of carbonyl (C=O) groups is 1. The number of nitrogens with one attached hydrogen (secondary N) is 3. The van der Waals surface area contributed by atoms with E-state index in [1.54, 1.807) is 19.2 Å². The van der Waals surface area contributed by atoms with Gasteiger partial charge in [-0.25, -0.2) is 4.39 Å². The first-order valence-corrected chi connectivity index (χ1v) is 9.52. The van der Waals surface area contributed by atoms with Crippen molar-refractivity contribution in [1.82, 2.24) is 16.0 Å². The van der Waals surface area contributed by atoms with Crippen LogP contribution in [0.2, 0.25) is 0 Å². The molecular weight excluding hydrogens is 331 g/mol. The van der Waals surface area contributed by atoms with Crippen LogP contribution in [0.15, 0.2) is 29.3 Å². The summed E-state index contributed by atoms with van der Waals surface area (Å²) in [7, 11) is 1.76. The van der Waals surface area contributed by atoms with E-state index >= 15 is 0 Å². The fraction of sp³-hybridized carbons (Fsp3) is 0.600. The molecule has 2 rings (SSSR count). The predicted octanol–water partition coefficient (Wildman–Crippen LogP) is 2.62. The zero-order valence-corrected chi connectivity index (χ0v) is 15.9. The molecule has 0 bridgehead atoms. The van der Waals surface area contributed by atoms with Crippen LogP contribution in [0.5, 0.6) is 0 Å². The zero-order valence-electron chi connectivity index (χ0n) is 15.9. The standard InChI is InChI=1S/C20H31FN4O/c1-3-20(9-4-5-10-20)15-25-19(22-2)24-12-11-23-18(26)14-16-7-6-8-17(21)13-16/h6-8,13H,3-5,9-12,14-15H2,1-2H3,(H,23,26)(H2,22,24,25). The Hall–Kier alpha value is -2.11. The summed E-state index contributed by atoms with van der Waals surface area (Å²) in [5.74, 6) is 0.333. The van der Waals surface area contributed by atoms with Crippen LogP contribution in [0.3, 0.4) is 0 Å². The van der Waals surface area contributed by atoms with Crippen LogP contribution in [0.4, 0.5) is 4.39 Å². The number of rotatable bonds is 8. The number of guanidine groups is 1. The lowest BCUT2D eigenvalue weighted by Gasteiger charge is -2.28. The SMILES string of the molecule is CCC1(CNC(=NC)NCCNC(=O)Cc2cccc(F)c2)CCCC1. The monoisotopic (exact) mass is 362 g/mol. The molecule has 0 aliphatic heterocycles. The van der Waals surface area contributed by atoms with E-state index in [0.29, 0.717) is 24.1 Å². The molecule has 5 nitrogen and oxygen atoms in total. The summed E-state index contributed by atoms with van der Waals surface area (Å²) >= 11 is 0. The fourth-order valence-corrected chi connectivity index (χ4v) is 3.55. The Morgan fingerprint density at radius 2 is 1.92 bits per heavy atom. The molecule has 0 radical (unpaired) electrons. The normalized spacial score (nSPS) is 16.3. The second-order valence-corrected chi connectivity index (χ2v) is 7.07. The highest BCUT2D eigenvalue weighted by atomic mass is 19.1. The van der Waals surface area contributed by atoms with Gasteiger partial charge < -0.3 is 16.0 Å². The van der Waals surface area contributed by atoms with Gasteiger partial charge in [0.15, 0.2) is 5.96 Å². The maximum Gasteiger partial charge on any atom is 0.224 e. The molecule has 1 aromatic carbocycles. The van der Waals surface area contributed by atoms with Crippen molar-refractivity contribution in [2.75, 3.05) is 26.7 Å². The Morgan fingerprint density at radius 1 is 1.19 bits per heavy atom. The molecule has 26 heavy (non-hydrogen) atoms. The second kappa shape index (κ2) is 10.1. The average Bonchev–Trinajstić information content (AvgIpc) is 3.10. The molecule has 6 heteroatoms. The number of hydrogen-bond donors (Lipinski definition) is 3. The van der Waals surface area contributed by atoms with Gasteiger partial charge in [0.1, 0.15) is 5.82 Å². The minimum Gasteiger partial charge on any atom is -0.356 e. The molecule has 0 heterocycles. The number of nitrogens with zero attached hydrogens (tertiary/aromatic N) is 1. The Morgan fingerprint density at radius 3 is 2.58 bits per heavy atom. The fourth-order valence-electron chi connectivity index (χ4n) is 3.55. The lowest BCUT2D eigenvalue weighted by atomic mass is 9.83. The van der Waals surface area contributed by atoms with Gasteiger partial charge in [0.05, 0.1) is 6.42 Å². The van der Waals surface area contributed by atoms with Crippen LogP contribution in [-0.4, -0.2) is 38.5 Å². The molecule has 1 aromatic rings. The van der Waals surface area contributed by atoms with Crippen LogP contribution >= 0.6 is 0 Å². The number of carbonyl (C=O) groups excluding carboxylic acids is 1. The third-order valence-corrected chi connectivity index (χ3v) is 5.26. The Labute approximate surface area is 155 Å². The van der Waals surface area contributed by atoms with Crippen molar-refractivity contribution in [3.63, 3.8) is 0 Å². The van der Waals surface area contributed by atoms with Crippen molar-refractivity contribution in [1.29, 1.82) is 0 Å². The van der Waals surface area contributed by atoms with E-state index < -0.39 is 0 Å². The van der Waals surface area contributed by atoms with E-state index in [9.17, 15) is 9.18 Å². The summed E-state index contributed by atoms with van der Waals surface area (Å²) in [6.07, 6.45) is 6.57. The Kier molecular flexibility index (Phi) is 7.88. The molecule has 0 atom stereocenters. The first kappa shape index (κ1) is 20.2. The molecule has 1 aliphatic carbocycles. The van der Waals surface area contributed by atoms with Crippen molar-refractivity contribution in [3.05, 3.63) is 35.6 Å². The van der Waals surface area contributed by atoms with Gasteiger partial charge >= 0.3 is 0 Å². The van der Waals surface area contributed by atoms with Crippen molar-refractivity contribution in [3.8, 4) is 0 Å². The van der Waals surface area contributed by atoms with Gasteiger partial charge in [0, 0.05) is 26.7 Å². The third-order valence-electron chi connectivity index (χ3n) is 5.26. The van der Waals surface area contributed by atoms with E-state index in [1.807, 2.05) is 0 Å². The molecule has 0 unspecified atom stereocenters. The number of hydrogen-bond acceptors (Lipinski definition) is 2. The largest absolute Gasteiger partial charge is 0.356 e. The highest BCUT2D eigenvalue weighted by Crippen LogP contribution is 2.40. The first-order valence-electron chi connectivity index (χ1n) is 9.52. The minimum atomic E-state index is -0.320. The molecule has 0 saturated heterocycles. The molecule has 1 fully saturated rings. The molecule has 1 aliphatic rings. The van der Waals surface area contributed by atoms with Crippen molar-refractivity contribution < 1.29 is 9.18 Å². The highest BCUT2D eigenvalue weighted by molar-refractivity contribution is 5.80. The van der Waals surface area contributed by atoms with Crippen LogP contribution in [0.25, 0.3) is 0 Å². The van der Waals surface area contributed by atoms with Gasteiger partial charge in [-0.2, -0.15) is 0 Å². The number of aliphatic imine (C=N–C) groups is 1. The lowest BCUT2D eigenvalue weighted by molar-refractivity contribution is -0.120. The highest BCUT2D eigenvalue weighted by Gasteiger charge is 2.31. The Balaban J connectivity index is 1.65. The third kappa shape index (κ3) is 6.32. The number of halogens is 1. The van der Waals surface area contributed by atoms with Gasteiger partial charge in [-0.3, -0.25) is 9.79 Å². The summed E-state index contributed by atoms with van der Waals surface area (Å²) in [6.45, 7) is 4.29. The molecule has 144 valence electrons. The van der Waals surface area contributed by atoms with Gasteiger partial charge in [0.2, 0.25) is 5.91 Å². The van der Waals surface area contributed by atoms with Crippen molar-refractivity contribution in [2.45, 2.75) is 45.4 Å². The van der Waals surface area contributed by atoms with E-state index in [0.717, 1.165) is 12.5 Å². The maximum absolute atomic E-state index is 13.1. The predicted molar refractivity (Wildman–Crippen MR) is 104 cm³/mol. The lowest BCUT2D eigenvalue weighted by Crippen LogP contribution is -2.45. The van der Waals surface area contributed by atoms with Gasteiger partial charge in [-0.1, -0.05) is 31.9 Å². The molecule has 0 spiro atoms. The Bertz CT molecular complexity index is 612. The van der Waals surface area contributed by atoms with E-state index in [-0.39, 0.29) is 18.1 Å². The summed E-state index contributed by atoms with van der Waals surface area (Å²) in [5.41, 5.74) is 1.07. The second-order valence-electron chi connectivity index (χ2n) is 7.07. The summed E-state index contributed by atoms with van der Waals surface area (Å²) in [6, 6.07) is 6.12.